The summed E-state index contributed by atoms with van der Waals surface area (Å²) >= 11 is 4.55. The van der Waals surface area contributed by atoms with Crippen LogP contribution in [-0.2, 0) is 4.74 Å². The standard InChI is InChI=1S/C20H13BrO5S/c21-15-7-3-14(4-8-15)19(23)26-16-9-5-13(6-10-16)17(22)12-25-20(24)18-2-1-11-27-18/h1-11H,12H2. The number of hydrogen-bond acceptors (Lipinski definition) is 6. The quantitative estimate of drug-likeness (QED) is 0.311. The Hall–Kier alpha value is -2.77. The van der Waals surface area contributed by atoms with Crippen LogP contribution in [-0.4, -0.2) is 24.3 Å². The molecule has 0 fully saturated rings. The highest BCUT2D eigenvalue weighted by molar-refractivity contribution is 9.10. The molecule has 0 saturated heterocycles. The molecule has 1 aromatic heterocycles. The van der Waals surface area contributed by atoms with Crippen LogP contribution in [0.15, 0.2) is 70.5 Å². The number of thiophene rings is 1. The third kappa shape index (κ3) is 5.12. The molecular weight excluding hydrogens is 432 g/mol. The second kappa shape index (κ2) is 8.75. The SMILES string of the molecule is O=C(COC(=O)c1cccs1)c1ccc(OC(=O)c2ccc(Br)cc2)cc1. The van der Waals surface area contributed by atoms with E-state index in [0.29, 0.717) is 21.8 Å². The maximum absolute atomic E-state index is 12.1. The van der Waals surface area contributed by atoms with Gasteiger partial charge in [0.2, 0.25) is 0 Å². The molecule has 27 heavy (non-hydrogen) atoms. The van der Waals surface area contributed by atoms with Crippen molar-refractivity contribution in [2.45, 2.75) is 0 Å². The highest BCUT2D eigenvalue weighted by Gasteiger charge is 2.13. The van der Waals surface area contributed by atoms with Crippen LogP contribution in [0.4, 0.5) is 0 Å². The zero-order valence-electron chi connectivity index (χ0n) is 13.9. The molecule has 3 aromatic rings. The lowest BCUT2D eigenvalue weighted by atomic mass is 10.1. The van der Waals surface area contributed by atoms with E-state index in [4.69, 9.17) is 9.47 Å². The summed E-state index contributed by atoms with van der Waals surface area (Å²) < 4.78 is 11.1. The molecule has 0 unspecified atom stereocenters. The monoisotopic (exact) mass is 444 g/mol. The molecule has 0 radical (unpaired) electrons. The molecule has 0 bridgehead atoms. The summed E-state index contributed by atoms with van der Waals surface area (Å²) in [7, 11) is 0. The zero-order chi connectivity index (χ0) is 19.2. The Morgan fingerprint density at radius 2 is 1.52 bits per heavy atom. The van der Waals surface area contributed by atoms with Crippen LogP contribution in [0, 0.1) is 0 Å². The summed E-state index contributed by atoms with van der Waals surface area (Å²) in [6, 6.07) is 16.2. The summed E-state index contributed by atoms with van der Waals surface area (Å²) in [5.41, 5.74) is 0.774. The second-order valence-electron chi connectivity index (χ2n) is 5.40. The van der Waals surface area contributed by atoms with Gasteiger partial charge >= 0.3 is 11.9 Å². The molecule has 3 rings (SSSR count). The summed E-state index contributed by atoms with van der Waals surface area (Å²) in [6.07, 6.45) is 0. The van der Waals surface area contributed by atoms with E-state index in [0.717, 1.165) is 4.47 Å². The highest BCUT2D eigenvalue weighted by atomic mass is 79.9. The van der Waals surface area contributed by atoms with Gasteiger partial charge in [-0.25, -0.2) is 9.59 Å². The molecule has 0 atom stereocenters. The van der Waals surface area contributed by atoms with Crippen molar-refractivity contribution in [3.05, 3.63) is 86.5 Å². The molecule has 0 saturated carbocycles. The van der Waals surface area contributed by atoms with Gasteiger partial charge in [-0.2, -0.15) is 0 Å². The van der Waals surface area contributed by atoms with Gasteiger partial charge in [-0.3, -0.25) is 4.79 Å². The molecule has 0 amide bonds. The fourth-order valence-electron chi connectivity index (χ4n) is 2.14. The highest BCUT2D eigenvalue weighted by Crippen LogP contribution is 2.17. The number of ether oxygens (including phenoxy) is 2. The molecule has 7 heteroatoms. The van der Waals surface area contributed by atoms with Crippen molar-refractivity contribution < 1.29 is 23.9 Å². The van der Waals surface area contributed by atoms with Crippen LogP contribution in [0.1, 0.15) is 30.4 Å². The van der Waals surface area contributed by atoms with Crippen LogP contribution in [0.2, 0.25) is 0 Å². The Morgan fingerprint density at radius 1 is 0.852 bits per heavy atom. The van der Waals surface area contributed by atoms with Crippen molar-refractivity contribution in [1.29, 1.82) is 0 Å². The van der Waals surface area contributed by atoms with Crippen LogP contribution in [0.3, 0.4) is 0 Å². The van der Waals surface area contributed by atoms with Gasteiger partial charge in [0.05, 0.1) is 5.56 Å². The van der Waals surface area contributed by atoms with E-state index < -0.39 is 11.9 Å². The number of carbonyl (C=O) groups is 3. The first kappa shape index (κ1) is 19.0. The molecule has 136 valence electrons. The van der Waals surface area contributed by atoms with Crippen LogP contribution < -0.4 is 4.74 Å². The van der Waals surface area contributed by atoms with Gasteiger partial charge in [-0.05, 0) is 60.0 Å². The lowest BCUT2D eigenvalue weighted by Crippen LogP contribution is -2.13. The fraction of sp³-hybridized carbons (Fsp3) is 0.0500. The number of rotatable bonds is 6. The van der Waals surface area contributed by atoms with Gasteiger partial charge < -0.3 is 9.47 Å². The maximum Gasteiger partial charge on any atom is 0.348 e. The van der Waals surface area contributed by atoms with Crippen molar-refractivity contribution in [3.63, 3.8) is 0 Å². The lowest BCUT2D eigenvalue weighted by Gasteiger charge is -2.06. The second-order valence-corrected chi connectivity index (χ2v) is 7.26. The van der Waals surface area contributed by atoms with E-state index in [1.54, 1.807) is 41.8 Å². The maximum atomic E-state index is 12.1. The van der Waals surface area contributed by atoms with Crippen molar-refractivity contribution >= 4 is 45.0 Å². The minimum atomic E-state index is -0.529. The molecule has 0 aliphatic rings. The number of ketones is 1. The average molecular weight is 445 g/mol. The molecule has 1 heterocycles. The van der Waals surface area contributed by atoms with Gasteiger partial charge in [-0.1, -0.05) is 22.0 Å². The molecule has 5 nitrogen and oxygen atoms in total. The first-order chi connectivity index (χ1) is 13.0. The number of Topliss-reactive ketones (excluding diaryl/α,β-unsaturated/α-hetero) is 1. The minimum absolute atomic E-state index is 0.315. The molecule has 2 aromatic carbocycles. The van der Waals surface area contributed by atoms with Crippen molar-refractivity contribution in [2.75, 3.05) is 6.61 Å². The topological polar surface area (TPSA) is 69.7 Å². The summed E-state index contributed by atoms with van der Waals surface area (Å²) in [5, 5.41) is 1.76. The number of carbonyl (C=O) groups excluding carboxylic acids is 3. The van der Waals surface area contributed by atoms with Crippen LogP contribution in [0.5, 0.6) is 5.75 Å². The van der Waals surface area contributed by atoms with Crippen LogP contribution in [0.25, 0.3) is 0 Å². The van der Waals surface area contributed by atoms with Crippen molar-refractivity contribution in [1.82, 2.24) is 0 Å². The average Bonchev–Trinajstić information content (AvgIpc) is 3.22. The molecular formula is C20H13BrO5S. The van der Waals surface area contributed by atoms with E-state index >= 15 is 0 Å². The van der Waals surface area contributed by atoms with Crippen molar-refractivity contribution in [2.24, 2.45) is 0 Å². The summed E-state index contributed by atoms with van der Waals surface area (Å²) in [4.78, 5) is 36.4. The van der Waals surface area contributed by atoms with E-state index in [2.05, 4.69) is 15.9 Å². The molecule has 0 aliphatic carbocycles. The van der Waals surface area contributed by atoms with Gasteiger partial charge in [-0.15, -0.1) is 11.3 Å². The summed E-state index contributed by atoms with van der Waals surface area (Å²) in [5.74, 6) is -1.05. The first-order valence-corrected chi connectivity index (χ1v) is 9.52. The molecule has 0 aliphatic heterocycles. The number of benzene rings is 2. The van der Waals surface area contributed by atoms with Gasteiger partial charge in [0.1, 0.15) is 10.6 Å². The zero-order valence-corrected chi connectivity index (χ0v) is 16.3. The predicted molar refractivity (Wildman–Crippen MR) is 104 cm³/mol. The van der Waals surface area contributed by atoms with Gasteiger partial charge in [0.15, 0.2) is 12.4 Å². The Bertz CT molecular complexity index is 947. The number of esters is 2. The Labute approximate surface area is 167 Å². The number of hydrogen-bond donors (Lipinski definition) is 0. The normalized spacial score (nSPS) is 10.3. The van der Waals surface area contributed by atoms with E-state index in [9.17, 15) is 14.4 Å². The van der Waals surface area contributed by atoms with E-state index in [1.807, 2.05) is 0 Å². The fourth-order valence-corrected chi connectivity index (χ4v) is 3.02. The van der Waals surface area contributed by atoms with E-state index in [-0.39, 0.29) is 12.4 Å². The number of halogens is 1. The molecule has 0 N–H and O–H groups in total. The first-order valence-electron chi connectivity index (χ1n) is 7.84. The Kier molecular flexibility index (Phi) is 6.16. The predicted octanol–water partition coefficient (Wildman–Crippen LogP) is 4.77. The third-order valence-corrected chi connectivity index (χ3v) is 4.90. The van der Waals surface area contributed by atoms with Gasteiger partial charge in [0, 0.05) is 10.0 Å². The Balaban J connectivity index is 1.56. The minimum Gasteiger partial charge on any atom is -0.453 e. The largest absolute Gasteiger partial charge is 0.453 e. The van der Waals surface area contributed by atoms with E-state index in [1.165, 1.54) is 35.6 Å². The third-order valence-electron chi connectivity index (χ3n) is 3.52. The summed E-state index contributed by atoms with van der Waals surface area (Å²) in [6.45, 7) is -0.352. The molecule has 0 spiro atoms. The van der Waals surface area contributed by atoms with Gasteiger partial charge in [0.25, 0.3) is 0 Å². The van der Waals surface area contributed by atoms with Crippen LogP contribution >= 0.6 is 27.3 Å². The lowest BCUT2D eigenvalue weighted by molar-refractivity contribution is 0.0479. The van der Waals surface area contributed by atoms with Crippen molar-refractivity contribution in [3.8, 4) is 5.75 Å². The smallest absolute Gasteiger partial charge is 0.348 e. The Morgan fingerprint density at radius 3 is 2.15 bits per heavy atom.